The van der Waals surface area contributed by atoms with Crippen LogP contribution in [0.1, 0.15) is 15.9 Å². The number of fused-ring (bicyclic) bond motifs is 1. The van der Waals surface area contributed by atoms with E-state index in [0.29, 0.717) is 22.6 Å². The number of carbonyl (C=O) groups excluding carboxylic acids is 1. The van der Waals surface area contributed by atoms with Crippen molar-refractivity contribution in [3.63, 3.8) is 0 Å². The minimum Gasteiger partial charge on any atom is -0.496 e. The number of benzene rings is 1. The number of nitrogens with zero attached hydrogens (tertiary/aromatic N) is 1. The molecule has 0 saturated heterocycles. The van der Waals surface area contributed by atoms with Gasteiger partial charge in [0.15, 0.2) is 0 Å². The number of H-pyrrole nitrogens is 1. The van der Waals surface area contributed by atoms with Gasteiger partial charge in [0.25, 0.3) is 0 Å². The van der Waals surface area contributed by atoms with Gasteiger partial charge in [-0.2, -0.15) is 0 Å². The molecule has 3 rings (SSSR count). The fourth-order valence-electron chi connectivity index (χ4n) is 2.36. The average Bonchev–Trinajstić information content (AvgIpc) is 2.97. The molecule has 0 aliphatic carbocycles. The molecular weight excluding hydrogens is 268 g/mol. The van der Waals surface area contributed by atoms with Crippen LogP contribution >= 0.6 is 0 Å². The number of aromatic nitrogens is 2. The van der Waals surface area contributed by atoms with Crippen molar-refractivity contribution in [2.24, 2.45) is 0 Å². The maximum absolute atomic E-state index is 12.9. The van der Waals surface area contributed by atoms with Gasteiger partial charge in [-0.3, -0.25) is 9.78 Å². The van der Waals surface area contributed by atoms with E-state index in [1.165, 1.54) is 14.2 Å². The number of hydrogen-bond donors (Lipinski definition) is 1. The Hall–Kier alpha value is -2.82. The molecular formula is C16H14N2O3. The van der Waals surface area contributed by atoms with Crippen LogP contribution in [0.3, 0.4) is 0 Å². The summed E-state index contributed by atoms with van der Waals surface area (Å²) < 4.78 is 10.6. The van der Waals surface area contributed by atoms with Gasteiger partial charge in [-0.05, 0) is 18.2 Å². The summed E-state index contributed by atoms with van der Waals surface area (Å²) in [6, 6.07) is 7.09. The van der Waals surface area contributed by atoms with Crippen LogP contribution < -0.4 is 9.47 Å². The summed E-state index contributed by atoms with van der Waals surface area (Å²) in [6.07, 6.45) is 5.03. The Balaban J connectivity index is 2.19. The second-order valence-electron chi connectivity index (χ2n) is 4.49. The van der Waals surface area contributed by atoms with Crippen molar-refractivity contribution in [1.82, 2.24) is 9.97 Å². The maximum atomic E-state index is 12.9. The fraction of sp³-hybridized carbons (Fsp3) is 0.125. The summed E-state index contributed by atoms with van der Waals surface area (Å²) in [6.45, 7) is 0. The molecule has 1 aromatic carbocycles. The topological polar surface area (TPSA) is 64.2 Å². The molecule has 0 aliphatic heterocycles. The normalized spacial score (nSPS) is 10.6. The van der Waals surface area contributed by atoms with E-state index in [2.05, 4.69) is 9.97 Å². The Labute approximate surface area is 121 Å². The van der Waals surface area contributed by atoms with Gasteiger partial charge in [-0.15, -0.1) is 0 Å². The van der Waals surface area contributed by atoms with E-state index in [1.807, 2.05) is 6.07 Å². The minimum atomic E-state index is -0.163. The summed E-state index contributed by atoms with van der Waals surface area (Å²) >= 11 is 0. The molecule has 5 heteroatoms. The van der Waals surface area contributed by atoms with Crippen LogP contribution in [0.4, 0.5) is 0 Å². The zero-order valence-corrected chi connectivity index (χ0v) is 11.7. The zero-order chi connectivity index (χ0) is 14.8. The quantitative estimate of drug-likeness (QED) is 0.747. The molecule has 5 nitrogen and oxygen atoms in total. The van der Waals surface area contributed by atoms with E-state index >= 15 is 0 Å². The number of ketones is 1. The summed E-state index contributed by atoms with van der Waals surface area (Å²) in [7, 11) is 3.06. The van der Waals surface area contributed by atoms with Crippen molar-refractivity contribution >= 4 is 16.7 Å². The molecule has 21 heavy (non-hydrogen) atoms. The first-order valence-electron chi connectivity index (χ1n) is 6.43. The van der Waals surface area contributed by atoms with Crippen LogP contribution in [0, 0.1) is 0 Å². The molecule has 1 N–H and O–H groups in total. The molecule has 0 aliphatic rings. The standard InChI is InChI=1S/C16H14N2O3/c1-20-13-4-3-5-14(21-2)15(13)16(19)11-9-18-12-6-7-17-8-10(11)12/h3-9,18H,1-2H3. The number of aromatic amines is 1. The van der Waals surface area contributed by atoms with Gasteiger partial charge in [-0.1, -0.05) is 6.07 Å². The predicted octanol–water partition coefficient (Wildman–Crippen LogP) is 2.81. The van der Waals surface area contributed by atoms with Crippen molar-refractivity contribution in [3.05, 3.63) is 54.0 Å². The van der Waals surface area contributed by atoms with Gasteiger partial charge in [0.1, 0.15) is 17.1 Å². The lowest BCUT2D eigenvalue weighted by Gasteiger charge is -2.11. The highest BCUT2D eigenvalue weighted by molar-refractivity contribution is 6.18. The Kier molecular flexibility index (Phi) is 3.31. The van der Waals surface area contributed by atoms with Crippen molar-refractivity contribution < 1.29 is 14.3 Å². The van der Waals surface area contributed by atoms with Crippen molar-refractivity contribution in [1.29, 1.82) is 0 Å². The molecule has 2 heterocycles. The highest BCUT2D eigenvalue weighted by atomic mass is 16.5. The van der Waals surface area contributed by atoms with E-state index < -0.39 is 0 Å². The highest BCUT2D eigenvalue weighted by Crippen LogP contribution is 2.32. The summed E-state index contributed by atoms with van der Waals surface area (Å²) in [5.74, 6) is 0.804. The first-order valence-corrected chi connectivity index (χ1v) is 6.43. The van der Waals surface area contributed by atoms with Gasteiger partial charge >= 0.3 is 0 Å². The van der Waals surface area contributed by atoms with Crippen molar-refractivity contribution in [3.8, 4) is 11.5 Å². The second-order valence-corrected chi connectivity index (χ2v) is 4.49. The van der Waals surface area contributed by atoms with Gasteiger partial charge in [-0.25, -0.2) is 0 Å². The molecule has 0 fully saturated rings. The van der Waals surface area contributed by atoms with Gasteiger partial charge in [0.05, 0.1) is 14.2 Å². The number of carbonyl (C=O) groups is 1. The number of rotatable bonds is 4. The third-order valence-electron chi connectivity index (χ3n) is 3.38. The number of nitrogens with one attached hydrogen (secondary N) is 1. The number of methoxy groups -OCH3 is 2. The van der Waals surface area contributed by atoms with Gasteiger partial charge < -0.3 is 14.5 Å². The van der Waals surface area contributed by atoms with Crippen LogP contribution in [0.25, 0.3) is 10.9 Å². The van der Waals surface area contributed by atoms with E-state index in [-0.39, 0.29) is 5.78 Å². The lowest BCUT2D eigenvalue weighted by Crippen LogP contribution is -2.06. The van der Waals surface area contributed by atoms with Crippen molar-refractivity contribution in [2.75, 3.05) is 14.2 Å². The van der Waals surface area contributed by atoms with Crippen LogP contribution in [0.2, 0.25) is 0 Å². The lowest BCUT2D eigenvalue weighted by molar-refractivity contribution is 0.103. The summed E-state index contributed by atoms with van der Waals surface area (Å²) in [5.41, 5.74) is 1.82. The number of hydrogen-bond acceptors (Lipinski definition) is 4. The molecule has 0 unspecified atom stereocenters. The molecule has 3 aromatic rings. The highest BCUT2D eigenvalue weighted by Gasteiger charge is 2.22. The van der Waals surface area contributed by atoms with Gasteiger partial charge in [0, 0.05) is 35.1 Å². The van der Waals surface area contributed by atoms with Crippen LogP contribution in [-0.4, -0.2) is 30.0 Å². The Morgan fingerprint density at radius 3 is 2.52 bits per heavy atom. The molecule has 0 radical (unpaired) electrons. The molecule has 0 spiro atoms. The molecule has 106 valence electrons. The first kappa shape index (κ1) is 13.2. The molecule has 2 aromatic heterocycles. The van der Waals surface area contributed by atoms with E-state index in [0.717, 1.165) is 10.9 Å². The summed E-state index contributed by atoms with van der Waals surface area (Å²) in [4.78, 5) is 20.0. The van der Waals surface area contributed by atoms with E-state index in [1.54, 1.807) is 36.8 Å². The Morgan fingerprint density at radius 1 is 1.14 bits per heavy atom. The van der Waals surface area contributed by atoms with Crippen LogP contribution in [-0.2, 0) is 0 Å². The average molecular weight is 282 g/mol. The first-order chi connectivity index (χ1) is 10.3. The smallest absolute Gasteiger partial charge is 0.202 e. The number of pyridine rings is 1. The van der Waals surface area contributed by atoms with Gasteiger partial charge in [0.2, 0.25) is 5.78 Å². The Morgan fingerprint density at radius 2 is 1.86 bits per heavy atom. The zero-order valence-electron chi connectivity index (χ0n) is 11.7. The van der Waals surface area contributed by atoms with Crippen LogP contribution in [0.15, 0.2) is 42.9 Å². The number of ether oxygens (including phenoxy) is 2. The lowest BCUT2D eigenvalue weighted by atomic mass is 10.0. The second kappa shape index (κ2) is 5.28. The third kappa shape index (κ3) is 2.12. The third-order valence-corrected chi connectivity index (χ3v) is 3.38. The monoisotopic (exact) mass is 282 g/mol. The van der Waals surface area contributed by atoms with E-state index in [4.69, 9.17) is 9.47 Å². The Bertz CT molecular complexity index is 786. The van der Waals surface area contributed by atoms with Crippen LogP contribution in [0.5, 0.6) is 11.5 Å². The van der Waals surface area contributed by atoms with Crippen molar-refractivity contribution in [2.45, 2.75) is 0 Å². The molecule has 0 amide bonds. The predicted molar refractivity (Wildman–Crippen MR) is 79.1 cm³/mol. The largest absolute Gasteiger partial charge is 0.496 e. The molecule has 0 atom stereocenters. The molecule has 0 saturated carbocycles. The maximum Gasteiger partial charge on any atom is 0.202 e. The van der Waals surface area contributed by atoms with E-state index in [9.17, 15) is 4.79 Å². The SMILES string of the molecule is COc1cccc(OC)c1C(=O)c1c[nH]c2ccncc12. The minimum absolute atomic E-state index is 0.163. The molecule has 0 bridgehead atoms. The fourth-order valence-corrected chi connectivity index (χ4v) is 2.36. The summed E-state index contributed by atoms with van der Waals surface area (Å²) in [5, 5.41) is 0.774.